The summed E-state index contributed by atoms with van der Waals surface area (Å²) >= 11 is 6.37. The minimum atomic E-state index is -0.0685. The summed E-state index contributed by atoms with van der Waals surface area (Å²) in [6, 6.07) is 7.16. The molecule has 2 aromatic heterocycles. The van der Waals surface area contributed by atoms with Gasteiger partial charge in [0.2, 0.25) is 0 Å². The summed E-state index contributed by atoms with van der Waals surface area (Å²) in [7, 11) is 1.56. The first-order valence-electron chi connectivity index (χ1n) is 8.95. The summed E-state index contributed by atoms with van der Waals surface area (Å²) in [5.74, 6) is 1.44. The Bertz CT molecular complexity index is 1050. The molecule has 0 radical (unpaired) electrons. The number of methoxy groups -OCH3 is 1. The van der Waals surface area contributed by atoms with E-state index in [0.717, 1.165) is 17.8 Å². The van der Waals surface area contributed by atoms with Crippen LogP contribution in [0.3, 0.4) is 0 Å². The van der Waals surface area contributed by atoms with Gasteiger partial charge in [0, 0.05) is 30.4 Å². The number of rotatable bonds is 5. The van der Waals surface area contributed by atoms with E-state index in [4.69, 9.17) is 21.1 Å². The fourth-order valence-corrected chi connectivity index (χ4v) is 3.48. The van der Waals surface area contributed by atoms with E-state index >= 15 is 0 Å². The molecule has 8 heteroatoms. The molecule has 1 aliphatic rings. The number of aromatic nitrogens is 3. The molecule has 0 aliphatic carbocycles. The van der Waals surface area contributed by atoms with E-state index in [1.54, 1.807) is 31.5 Å². The molecule has 0 atom stereocenters. The highest BCUT2D eigenvalue weighted by Crippen LogP contribution is 2.39. The fraction of sp³-hybridized carbons (Fsp3) is 0.250. The third-order valence-electron chi connectivity index (χ3n) is 4.51. The van der Waals surface area contributed by atoms with Crippen LogP contribution in [-0.2, 0) is 6.42 Å². The van der Waals surface area contributed by atoms with Crippen LogP contribution in [0.1, 0.15) is 23.0 Å². The van der Waals surface area contributed by atoms with Crippen molar-refractivity contribution in [3.05, 3.63) is 46.7 Å². The van der Waals surface area contributed by atoms with E-state index in [-0.39, 0.29) is 5.91 Å². The zero-order valence-corrected chi connectivity index (χ0v) is 16.3. The number of benzene rings is 1. The molecule has 4 rings (SSSR count). The van der Waals surface area contributed by atoms with Crippen molar-refractivity contribution in [2.45, 2.75) is 13.3 Å². The topological polar surface area (TPSA) is 89.1 Å². The number of aromatic amines is 1. The van der Waals surface area contributed by atoms with Crippen molar-refractivity contribution in [1.29, 1.82) is 0 Å². The molecule has 3 heterocycles. The first kappa shape index (κ1) is 18.3. The van der Waals surface area contributed by atoms with Gasteiger partial charge in [0.05, 0.1) is 35.7 Å². The second kappa shape index (κ2) is 7.52. The normalized spacial score (nSPS) is 13.0. The van der Waals surface area contributed by atoms with Crippen molar-refractivity contribution in [2.75, 3.05) is 20.3 Å². The number of hydrogen-bond acceptors (Lipinski definition) is 5. The maximum Gasteiger partial charge on any atom is 0.253 e. The lowest BCUT2D eigenvalue weighted by molar-refractivity contribution is 0.0946. The van der Waals surface area contributed by atoms with Crippen LogP contribution in [0.2, 0.25) is 5.02 Å². The zero-order valence-electron chi connectivity index (χ0n) is 15.5. The van der Waals surface area contributed by atoms with Crippen LogP contribution >= 0.6 is 11.6 Å². The quantitative estimate of drug-likeness (QED) is 0.686. The highest BCUT2D eigenvalue weighted by Gasteiger charge is 2.21. The van der Waals surface area contributed by atoms with Crippen molar-refractivity contribution in [3.8, 4) is 34.3 Å². The number of carbonyl (C=O) groups is 1. The summed E-state index contributed by atoms with van der Waals surface area (Å²) < 4.78 is 11.0. The molecule has 7 nitrogen and oxygen atoms in total. The summed E-state index contributed by atoms with van der Waals surface area (Å²) in [6.07, 6.45) is 2.44. The van der Waals surface area contributed by atoms with E-state index < -0.39 is 0 Å². The van der Waals surface area contributed by atoms with Gasteiger partial charge in [0.15, 0.2) is 17.3 Å². The van der Waals surface area contributed by atoms with E-state index in [1.165, 1.54) is 0 Å². The largest absolute Gasteiger partial charge is 0.493 e. The maximum absolute atomic E-state index is 12.0. The number of ether oxygens (including phenoxy) is 2. The van der Waals surface area contributed by atoms with Crippen LogP contribution in [0, 0.1) is 0 Å². The van der Waals surface area contributed by atoms with E-state index in [0.29, 0.717) is 52.3 Å². The number of carbonyl (C=O) groups excluding carboxylic acids is 1. The minimum absolute atomic E-state index is 0.0685. The van der Waals surface area contributed by atoms with E-state index in [2.05, 4.69) is 20.3 Å². The second-order valence-electron chi connectivity index (χ2n) is 6.27. The third kappa shape index (κ3) is 3.29. The monoisotopic (exact) mass is 398 g/mol. The molecule has 1 aliphatic heterocycles. The Morgan fingerprint density at radius 3 is 2.89 bits per heavy atom. The van der Waals surface area contributed by atoms with Gasteiger partial charge in [0.25, 0.3) is 5.91 Å². The molecule has 2 N–H and O–H groups in total. The van der Waals surface area contributed by atoms with Gasteiger partial charge >= 0.3 is 0 Å². The second-order valence-corrected chi connectivity index (χ2v) is 6.68. The SMILES string of the molecule is CCOc1c(Cl)cc(-c2nccc(-c3cc4c([nH]3)CCNC4=O)n2)cc1OC. The molecule has 1 amide bonds. The molecule has 3 aromatic rings. The Labute approximate surface area is 167 Å². The third-order valence-corrected chi connectivity index (χ3v) is 4.79. The van der Waals surface area contributed by atoms with Gasteiger partial charge in [-0.1, -0.05) is 11.6 Å². The average Bonchev–Trinajstić information content (AvgIpc) is 3.15. The van der Waals surface area contributed by atoms with Crippen LogP contribution in [0.15, 0.2) is 30.5 Å². The summed E-state index contributed by atoms with van der Waals surface area (Å²) in [4.78, 5) is 24.3. The van der Waals surface area contributed by atoms with E-state index in [1.807, 2.05) is 13.0 Å². The highest BCUT2D eigenvalue weighted by atomic mass is 35.5. The number of fused-ring (bicyclic) bond motifs is 1. The number of hydrogen-bond donors (Lipinski definition) is 2. The lowest BCUT2D eigenvalue weighted by atomic mass is 10.1. The first-order valence-corrected chi connectivity index (χ1v) is 9.32. The predicted molar refractivity (Wildman–Crippen MR) is 106 cm³/mol. The molecule has 0 saturated heterocycles. The molecule has 0 spiro atoms. The standard InChI is InChI=1S/C20H19ClN4O3/c1-3-28-18-13(21)8-11(9-17(18)27-2)19-22-6-5-15(25-19)16-10-12-14(24-16)4-7-23-20(12)26/h5-6,8-10,24H,3-4,7H2,1-2H3,(H,23,26). The molecular weight excluding hydrogens is 380 g/mol. The summed E-state index contributed by atoms with van der Waals surface area (Å²) in [5.41, 5.74) is 3.75. The van der Waals surface area contributed by atoms with Crippen molar-refractivity contribution in [2.24, 2.45) is 0 Å². The Hall–Kier alpha value is -3.06. The minimum Gasteiger partial charge on any atom is -0.493 e. The van der Waals surface area contributed by atoms with Crippen molar-refractivity contribution in [3.63, 3.8) is 0 Å². The van der Waals surface area contributed by atoms with Crippen molar-refractivity contribution >= 4 is 17.5 Å². The lowest BCUT2D eigenvalue weighted by Crippen LogP contribution is -2.31. The van der Waals surface area contributed by atoms with Gasteiger partial charge in [-0.3, -0.25) is 4.79 Å². The van der Waals surface area contributed by atoms with Gasteiger partial charge in [-0.2, -0.15) is 0 Å². The predicted octanol–water partition coefficient (Wildman–Crippen LogP) is 3.49. The van der Waals surface area contributed by atoms with Crippen LogP contribution in [-0.4, -0.2) is 41.1 Å². The lowest BCUT2D eigenvalue weighted by Gasteiger charge is -2.13. The molecule has 0 bridgehead atoms. The van der Waals surface area contributed by atoms with Crippen molar-refractivity contribution < 1.29 is 14.3 Å². The number of H-pyrrole nitrogens is 1. The van der Waals surface area contributed by atoms with Gasteiger partial charge in [-0.05, 0) is 31.2 Å². The first-order chi connectivity index (χ1) is 13.6. The molecular formula is C20H19ClN4O3. The number of halogens is 1. The smallest absolute Gasteiger partial charge is 0.253 e. The van der Waals surface area contributed by atoms with E-state index in [9.17, 15) is 4.79 Å². The Kier molecular flexibility index (Phi) is 4.92. The molecule has 0 unspecified atom stereocenters. The highest BCUT2D eigenvalue weighted by molar-refractivity contribution is 6.32. The van der Waals surface area contributed by atoms with Crippen LogP contribution < -0.4 is 14.8 Å². The van der Waals surface area contributed by atoms with Crippen LogP contribution in [0.4, 0.5) is 0 Å². The van der Waals surface area contributed by atoms with Gasteiger partial charge in [0.1, 0.15) is 0 Å². The van der Waals surface area contributed by atoms with Gasteiger partial charge in [-0.25, -0.2) is 9.97 Å². The fourth-order valence-electron chi connectivity index (χ4n) is 3.21. The Balaban J connectivity index is 1.74. The number of amides is 1. The number of nitrogens with one attached hydrogen (secondary N) is 2. The van der Waals surface area contributed by atoms with Gasteiger partial charge in [-0.15, -0.1) is 0 Å². The summed E-state index contributed by atoms with van der Waals surface area (Å²) in [5, 5.41) is 3.27. The maximum atomic E-state index is 12.0. The summed E-state index contributed by atoms with van der Waals surface area (Å²) in [6.45, 7) is 2.99. The average molecular weight is 399 g/mol. The molecule has 0 fully saturated rings. The van der Waals surface area contributed by atoms with Crippen LogP contribution in [0.25, 0.3) is 22.8 Å². The zero-order chi connectivity index (χ0) is 19.7. The Morgan fingerprint density at radius 1 is 1.29 bits per heavy atom. The molecule has 144 valence electrons. The Morgan fingerprint density at radius 2 is 2.14 bits per heavy atom. The molecule has 0 saturated carbocycles. The van der Waals surface area contributed by atoms with Crippen LogP contribution in [0.5, 0.6) is 11.5 Å². The number of nitrogens with zero attached hydrogens (tertiary/aromatic N) is 2. The van der Waals surface area contributed by atoms with Crippen molar-refractivity contribution in [1.82, 2.24) is 20.3 Å². The molecule has 28 heavy (non-hydrogen) atoms. The van der Waals surface area contributed by atoms with Gasteiger partial charge < -0.3 is 19.8 Å². The molecule has 1 aromatic carbocycles.